The van der Waals surface area contributed by atoms with Gasteiger partial charge >= 0.3 is 0 Å². The van der Waals surface area contributed by atoms with E-state index in [1.54, 1.807) is 6.20 Å². The van der Waals surface area contributed by atoms with Gasteiger partial charge in [0.05, 0.1) is 16.8 Å². The van der Waals surface area contributed by atoms with E-state index in [9.17, 15) is 9.59 Å². The molecule has 3 heterocycles. The molecule has 8 heteroatoms. The second-order valence-electron chi connectivity index (χ2n) is 13.8. The molecule has 6 rings (SSSR count). The van der Waals surface area contributed by atoms with Gasteiger partial charge in [0, 0.05) is 29.9 Å². The van der Waals surface area contributed by atoms with E-state index in [1.807, 2.05) is 34.9 Å². The number of hydrogen-bond donors (Lipinski definition) is 3. The zero-order valence-corrected chi connectivity index (χ0v) is 26.1. The Kier molecular flexibility index (Phi) is 7.47. The number of ether oxygens (including phenoxy) is 1. The number of aromatic nitrogens is 1. The van der Waals surface area contributed by atoms with Crippen molar-refractivity contribution < 1.29 is 9.53 Å². The molecular weight excluding hydrogens is 538 g/mol. The third-order valence-corrected chi connectivity index (χ3v) is 8.54. The topological polar surface area (TPSA) is 87.6 Å². The Morgan fingerprint density at radius 3 is 2.42 bits per heavy atom. The Morgan fingerprint density at radius 2 is 1.72 bits per heavy atom. The minimum atomic E-state index is -0.340. The average Bonchev–Trinajstić information content (AvgIpc) is 2.91. The molecule has 2 aliphatic heterocycles. The number of nitrogens with one attached hydrogen (secondary N) is 3. The van der Waals surface area contributed by atoms with Gasteiger partial charge in [-0.1, -0.05) is 24.3 Å². The zero-order valence-electron chi connectivity index (χ0n) is 26.1. The molecule has 3 aromatic carbocycles. The molecular formula is C35H43N5O3. The lowest BCUT2D eigenvalue weighted by Crippen LogP contribution is -2.62. The lowest BCUT2D eigenvalue weighted by Gasteiger charge is -2.46. The average molecular weight is 582 g/mol. The second-order valence-corrected chi connectivity index (χ2v) is 13.8. The first-order valence-corrected chi connectivity index (χ1v) is 15.3. The monoisotopic (exact) mass is 581 g/mol. The second kappa shape index (κ2) is 11.0. The highest BCUT2D eigenvalue weighted by molar-refractivity contribution is 6.02. The summed E-state index contributed by atoms with van der Waals surface area (Å²) in [6.45, 7) is 10.4. The van der Waals surface area contributed by atoms with E-state index in [2.05, 4.69) is 80.8 Å². The molecule has 1 aromatic heterocycles. The van der Waals surface area contributed by atoms with Crippen LogP contribution < -0.4 is 26.1 Å². The highest BCUT2D eigenvalue weighted by atomic mass is 16.5. The van der Waals surface area contributed by atoms with Gasteiger partial charge < -0.3 is 30.2 Å². The van der Waals surface area contributed by atoms with Crippen LogP contribution in [0.2, 0.25) is 0 Å². The lowest BCUT2D eigenvalue weighted by molar-refractivity contribution is 0.0871. The molecule has 3 N–H and O–H groups in total. The minimum Gasteiger partial charge on any atom is -0.451 e. The number of carbonyl (C=O) groups excluding carboxylic acids is 1. The fourth-order valence-electron chi connectivity index (χ4n) is 7.04. The zero-order chi connectivity index (χ0) is 30.5. The number of anilines is 1. The van der Waals surface area contributed by atoms with Gasteiger partial charge in [-0.3, -0.25) is 9.59 Å². The molecule has 0 aliphatic carbocycles. The summed E-state index contributed by atoms with van der Waals surface area (Å²) >= 11 is 0. The van der Waals surface area contributed by atoms with Crippen molar-refractivity contribution >= 4 is 33.3 Å². The molecule has 2 aliphatic rings. The molecule has 0 atom stereocenters. The SMILES string of the molecule is CN(C)CCCCNc1ccc2c(=O)c(C(=O)NC3CC(C)(C)NC(C)(C)C3)cn3c2c1Oc1cc2ccccc2cc1-3. The number of hydrogen-bond acceptors (Lipinski definition) is 6. The smallest absolute Gasteiger partial charge is 0.257 e. The molecule has 4 aromatic rings. The molecule has 1 saturated heterocycles. The summed E-state index contributed by atoms with van der Waals surface area (Å²) in [7, 11) is 4.16. The maximum absolute atomic E-state index is 13.9. The first-order chi connectivity index (χ1) is 20.4. The van der Waals surface area contributed by atoms with E-state index >= 15 is 0 Å². The number of rotatable bonds is 8. The van der Waals surface area contributed by atoms with Gasteiger partial charge in [-0.15, -0.1) is 0 Å². The predicted molar refractivity (Wildman–Crippen MR) is 175 cm³/mol. The van der Waals surface area contributed by atoms with Crippen LogP contribution in [0.1, 0.15) is 63.7 Å². The quantitative estimate of drug-likeness (QED) is 0.194. The van der Waals surface area contributed by atoms with Gasteiger partial charge in [-0.2, -0.15) is 0 Å². The van der Waals surface area contributed by atoms with Gasteiger partial charge in [0.25, 0.3) is 5.91 Å². The van der Waals surface area contributed by atoms with Gasteiger partial charge in [-0.05, 0) is 109 Å². The van der Waals surface area contributed by atoms with Gasteiger partial charge in [0.15, 0.2) is 11.5 Å². The summed E-state index contributed by atoms with van der Waals surface area (Å²) in [6, 6.07) is 15.9. The maximum Gasteiger partial charge on any atom is 0.257 e. The third-order valence-electron chi connectivity index (χ3n) is 8.54. The van der Waals surface area contributed by atoms with Crippen molar-refractivity contribution in [2.45, 2.75) is 70.5 Å². The molecule has 0 bridgehead atoms. The summed E-state index contributed by atoms with van der Waals surface area (Å²) in [6.07, 6.45) is 5.35. The van der Waals surface area contributed by atoms with Crippen LogP contribution in [0.4, 0.5) is 5.69 Å². The highest BCUT2D eigenvalue weighted by Crippen LogP contribution is 2.45. The normalized spacial score (nSPS) is 17.1. The lowest BCUT2D eigenvalue weighted by atomic mass is 9.79. The number of unbranched alkanes of at least 4 members (excludes halogenated alkanes) is 1. The summed E-state index contributed by atoms with van der Waals surface area (Å²) in [5.74, 6) is 0.956. The predicted octanol–water partition coefficient (Wildman–Crippen LogP) is 6.04. The minimum absolute atomic E-state index is 0.0515. The van der Waals surface area contributed by atoms with Crippen LogP contribution in [-0.2, 0) is 0 Å². The van der Waals surface area contributed by atoms with Crippen molar-refractivity contribution in [3.05, 3.63) is 70.5 Å². The van der Waals surface area contributed by atoms with Crippen LogP contribution in [0.5, 0.6) is 11.5 Å². The summed E-state index contributed by atoms with van der Waals surface area (Å²) in [5.41, 5.74) is 1.89. The Morgan fingerprint density at radius 1 is 1.02 bits per heavy atom. The van der Waals surface area contributed by atoms with E-state index in [0.717, 1.165) is 60.9 Å². The first kappa shape index (κ1) is 29.2. The van der Waals surface area contributed by atoms with E-state index in [1.165, 1.54) is 0 Å². The van der Waals surface area contributed by atoms with E-state index in [0.29, 0.717) is 22.4 Å². The molecule has 0 unspecified atom stereocenters. The van der Waals surface area contributed by atoms with Crippen molar-refractivity contribution in [1.29, 1.82) is 0 Å². The van der Waals surface area contributed by atoms with Crippen LogP contribution in [0.15, 0.2) is 59.5 Å². The maximum atomic E-state index is 13.9. The molecule has 43 heavy (non-hydrogen) atoms. The number of nitrogens with zero attached hydrogens (tertiary/aromatic N) is 2. The largest absolute Gasteiger partial charge is 0.451 e. The van der Waals surface area contributed by atoms with Crippen molar-refractivity contribution in [3.8, 4) is 17.2 Å². The van der Waals surface area contributed by atoms with Crippen molar-refractivity contribution in [1.82, 2.24) is 20.1 Å². The number of pyridine rings is 1. The van der Waals surface area contributed by atoms with Crippen LogP contribution in [0.3, 0.4) is 0 Å². The number of fused-ring (bicyclic) bond motifs is 3. The molecule has 1 amide bonds. The number of carbonyl (C=O) groups is 1. The molecule has 0 radical (unpaired) electrons. The Bertz CT molecular complexity index is 1760. The van der Waals surface area contributed by atoms with E-state index < -0.39 is 0 Å². The molecule has 0 saturated carbocycles. The molecule has 226 valence electrons. The van der Waals surface area contributed by atoms with Crippen molar-refractivity contribution in [2.75, 3.05) is 32.5 Å². The van der Waals surface area contributed by atoms with E-state index in [4.69, 9.17) is 4.74 Å². The third kappa shape index (κ3) is 5.86. The number of benzene rings is 3. The van der Waals surface area contributed by atoms with Gasteiger partial charge in [0.2, 0.25) is 5.43 Å². The Labute approximate surface area is 253 Å². The van der Waals surface area contributed by atoms with Crippen LogP contribution in [0, 0.1) is 0 Å². The summed E-state index contributed by atoms with van der Waals surface area (Å²) in [4.78, 5) is 29.9. The molecule has 1 fully saturated rings. The fraction of sp³-hybridized carbons (Fsp3) is 0.429. The molecule has 8 nitrogen and oxygen atoms in total. The van der Waals surface area contributed by atoms with Crippen LogP contribution in [0.25, 0.3) is 27.4 Å². The number of piperidine rings is 1. The van der Waals surface area contributed by atoms with Crippen molar-refractivity contribution in [2.24, 2.45) is 0 Å². The Hall–Kier alpha value is -3.88. The summed E-state index contributed by atoms with van der Waals surface area (Å²) < 4.78 is 8.54. The van der Waals surface area contributed by atoms with Gasteiger partial charge in [0.1, 0.15) is 11.1 Å². The summed E-state index contributed by atoms with van der Waals surface area (Å²) in [5, 5.41) is 13.0. The molecule has 0 spiro atoms. The highest BCUT2D eigenvalue weighted by Gasteiger charge is 2.38. The van der Waals surface area contributed by atoms with E-state index in [-0.39, 0.29) is 34.0 Å². The van der Waals surface area contributed by atoms with Crippen molar-refractivity contribution in [3.63, 3.8) is 0 Å². The number of amides is 1. The fourth-order valence-corrected chi connectivity index (χ4v) is 7.04. The first-order valence-electron chi connectivity index (χ1n) is 15.3. The van der Waals surface area contributed by atoms with Gasteiger partial charge in [-0.25, -0.2) is 0 Å². The van der Waals surface area contributed by atoms with Crippen LogP contribution >= 0.6 is 0 Å². The van der Waals surface area contributed by atoms with Crippen LogP contribution in [-0.4, -0.2) is 59.7 Å². The standard InChI is InChI=1S/C35H43N5O3/c1-34(2)19-24(20-35(3,4)38-34)37-33(42)26-21-40-28-17-22-11-7-8-12-23(22)18-29(28)43-32-27(36-15-9-10-16-39(5)6)14-13-25(30(32)40)31(26)41/h7-8,11-14,17-18,21,24,36,38H,9-10,15-16,19-20H2,1-6H3,(H,37,42). The Balaban J connectivity index is 1.42.